The number of nitrogens with zero attached hydrogens (tertiary/aromatic N) is 4. The second kappa shape index (κ2) is 4.84. The lowest BCUT2D eigenvalue weighted by Crippen LogP contribution is -1.97. The molecule has 0 atom stereocenters. The van der Waals surface area contributed by atoms with Crippen molar-refractivity contribution in [2.45, 2.75) is 6.54 Å². The Morgan fingerprint density at radius 2 is 1.73 bits per heavy atom. The Morgan fingerprint density at radius 3 is 2.45 bits per heavy atom. The Morgan fingerprint density at radius 1 is 1.05 bits per heavy atom. The molecule has 0 N–H and O–H groups in total. The summed E-state index contributed by atoms with van der Waals surface area (Å²) >= 11 is 12.1. The van der Waals surface area contributed by atoms with Gasteiger partial charge in [0.15, 0.2) is 5.65 Å². The second-order valence-electron chi connectivity index (χ2n) is 4.91. The third-order valence-corrected chi connectivity index (χ3v) is 4.34. The van der Waals surface area contributed by atoms with Crippen molar-refractivity contribution in [1.82, 2.24) is 14.5 Å². The van der Waals surface area contributed by atoms with Crippen molar-refractivity contribution in [2.75, 3.05) is 0 Å². The van der Waals surface area contributed by atoms with Crippen molar-refractivity contribution in [3.05, 3.63) is 46.4 Å². The van der Waals surface area contributed by atoms with Crippen LogP contribution in [0, 0.1) is 11.3 Å². The van der Waals surface area contributed by atoms with Crippen molar-refractivity contribution in [3.63, 3.8) is 0 Å². The lowest BCUT2D eigenvalue weighted by Gasteiger charge is -2.03. The molecule has 0 unspecified atom stereocenters. The average Bonchev–Trinajstić information content (AvgIpc) is 2.81. The van der Waals surface area contributed by atoms with E-state index in [1.165, 1.54) is 0 Å². The molecule has 0 fully saturated rings. The van der Waals surface area contributed by atoms with Gasteiger partial charge in [0.2, 0.25) is 0 Å². The molecule has 0 aliphatic carbocycles. The summed E-state index contributed by atoms with van der Waals surface area (Å²) in [4.78, 5) is 9.32. The fourth-order valence-electron chi connectivity index (χ4n) is 2.67. The van der Waals surface area contributed by atoms with Crippen LogP contribution < -0.4 is 0 Å². The zero-order valence-electron chi connectivity index (χ0n) is 11.2. The minimum Gasteiger partial charge on any atom is -0.310 e. The van der Waals surface area contributed by atoms with Crippen LogP contribution in [-0.2, 0) is 6.54 Å². The van der Waals surface area contributed by atoms with Crippen molar-refractivity contribution in [3.8, 4) is 6.07 Å². The number of hydrogen-bond acceptors (Lipinski definition) is 3. The smallest absolute Gasteiger partial charge is 0.161 e. The first-order chi connectivity index (χ1) is 10.7. The first kappa shape index (κ1) is 13.3. The van der Waals surface area contributed by atoms with Crippen LogP contribution in [0.15, 0.2) is 36.4 Å². The summed E-state index contributed by atoms with van der Waals surface area (Å²) < 4.78 is 1.86. The van der Waals surface area contributed by atoms with Crippen molar-refractivity contribution < 1.29 is 0 Å². The molecular weight excluding hydrogens is 319 g/mol. The van der Waals surface area contributed by atoms with E-state index in [-0.39, 0.29) is 6.54 Å². The highest BCUT2D eigenvalue weighted by Gasteiger charge is 2.14. The number of fused-ring (bicyclic) bond motifs is 4. The van der Waals surface area contributed by atoms with Gasteiger partial charge >= 0.3 is 0 Å². The topological polar surface area (TPSA) is 54.5 Å². The molecule has 0 spiro atoms. The summed E-state index contributed by atoms with van der Waals surface area (Å²) in [7, 11) is 0. The fraction of sp³-hybridized carbons (Fsp3) is 0.0625. The van der Waals surface area contributed by atoms with E-state index >= 15 is 0 Å². The number of para-hydroxylation sites is 1. The minimum atomic E-state index is 0.214. The molecule has 0 saturated carbocycles. The Hall–Kier alpha value is -2.35. The molecule has 4 nitrogen and oxygen atoms in total. The molecule has 0 aliphatic rings. The number of benzene rings is 2. The Balaban J connectivity index is 2.22. The first-order valence-corrected chi connectivity index (χ1v) is 7.35. The van der Waals surface area contributed by atoms with Crippen LogP contribution in [0.1, 0.15) is 0 Å². The molecule has 2 heterocycles. The lowest BCUT2D eigenvalue weighted by molar-refractivity contribution is 0.896. The van der Waals surface area contributed by atoms with Gasteiger partial charge in [-0.25, -0.2) is 9.97 Å². The van der Waals surface area contributed by atoms with Gasteiger partial charge in [-0.3, -0.25) is 0 Å². The van der Waals surface area contributed by atoms with Gasteiger partial charge in [-0.2, -0.15) is 5.26 Å². The maximum Gasteiger partial charge on any atom is 0.161 e. The summed E-state index contributed by atoms with van der Waals surface area (Å²) in [6, 6.07) is 13.4. The SMILES string of the molecule is N#CCn1c2ccccc2c2nc3cc(Cl)c(Cl)cc3nc21. The summed E-state index contributed by atoms with van der Waals surface area (Å²) in [5, 5.41) is 10.9. The van der Waals surface area contributed by atoms with Crippen LogP contribution >= 0.6 is 23.2 Å². The molecular formula is C16H8Cl2N4. The van der Waals surface area contributed by atoms with E-state index in [0.717, 1.165) is 16.4 Å². The molecule has 22 heavy (non-hydrogen) atoms. The predicted octanol–water partition coefficient (Wildman–Crippen LogP) is 4.57. The van der Waals surface area contributed by atoms with Crippen LogP contribution in [-0.4, -0.2) is 14.5 Å². The molecule has 2 aromatic heterocycles. The number of nitriles is 1. The average molecular weight is 327 g/mol. The standard InChI is InChI=1S/C16H8Cl2N4/c17-10-7-12-13(8-11(10)18)21-16-15(20-12)9-3-1-2-4-14(9)22(16)6-5-19/h1-4,7-8H,6H2. The van der Waals surface area contributed by atoms with Gasteiger partial charge in [0, 0.05) is 5.39 Å². The molecule has 0 bridgehead atoms. The number of hydrogen-bond donors (Lipinski definition) is 0. The van der Waals surface area contributed by atoms with Crippen molar-refractivity contribution in [1.29, 1.82) is 5.26 Å². The van der Waals surface area contributed by atoms with E-state index in [1.807, 2.05) is 28.8 Å². The molecule has 4 aromatic rings. The van der Waals surface area contributed by atoms with E-state index in [0.29, 0.717) is 26.7 Å². The number of aromatic nitrogens is 3. The van der Waals surface area contributed by atoms with E-state index in [1.54, 1.807) is 12.1 Å². The molecule has 2 aromatic carbocycles. The van der Waals surface area contributed by atoms with Gasteiger partial charge in [0.05, 0.1) is 32.7 Å². The molecule has 0 amide bonds. The van der Waals surface area contributed by atoms with Gasteiger partial charge in [-0.05, 0) is 18.2 Å². The molecule has 0 saturated heterocycles. The van der Waals surface area contributed by atoms with E-state index in [2.05, 4.69) is 16.0 Å². The van der Waals surface area contributed by atoms with Crippen LogP contribution in [0.4, 0.5) is 0 Å². The quantitative estimate of drug-likeness (QED) is 0.515. The summed E-state index contributed by atoms with van der Waals surface area (Å²) in [5.74, 6) is 0. The van der Waals surface area contributed by atoms with Crippen LogP contribution in [0.2, 0.25) is 10.0 Å². The largest absolute Gasteiger partial charge is 0.310 e. The normalized spacial score (nSPS) is 11.3. The van der Waals surface area contributed by atoms with E-state index < -0.39 is 0 Å². The Kier molecular flexibility index (Phi) is 2.93. The highest BCUT2D eigenvalue weighted by Crippen LogP contribution is 2.31. The van der Waals surface area contributed by atoms with Gasteiger partial charge in [-0.15, -0.1) is 0 Å². The first-order valence-electron chi connectivity index (χ1n) is 6.60. The van der Waals surface area contributed by atoms with Crippen molar-refractivity contribution >= 4 is 56.3 Å². The van der Waals surface area contributed by atoms with E-state index in [9.17, 15) is 0 Å². The second-order valence-corrected chi connectivity index (χ2v) is 5.73. The fourth-order valence-corrected chi connectivity index (χ4v) is 2.98. The maximum atomic E-state index is 9.09. The number of rotatable bonds is 1. The minimum absolute atomic E-state index is 0.214. The van der Waals surface area contributed by atoms with Gasteiger partial charge in [-0.1, -0.05) is 41.4 Å². The highest BCUT2D eigenvalue weighted by molar-refractivity contribution is 6.42. The molecule has 6 heteroatoms. The monoisotopic (exact) mass is 326 g/mol. The molecule has 4 rings (SSSR count). The zero-order valence-corrected chi connectivity index (χ0v) is 12.7. The third kappa shape index (κ3) is 1.83. The van der Waals surface area contributed by atoms with Gasteiger partial charge in [0.25, 0.3) is 0 Å². The number of halogens is 2. The van der Waals surface area contributed by atoms with Gasteiger partial charge < -0.3 is 4.57 Å². The van der Waals surface area contributed by atoms with Crippen LogP contribution in [0.25, 0.3) is 33.1 Å². The molecule has 106 valence electrons. The third-order valence-electron chi connectivity index (χ3n) is 3.62. The van der Waals surface area contributed by atoms with Crippen LogP contribution in [0.3, 0.4) is 0 Å². The Bertz CT molecular complexity index is 1090. The van der Waals surface area contributed by atoms with Crippen LogP contribution in [0.5, 0.6) is 0 Å². The summed E-state index contributed by atoms with van der Waals surface area (Å²) in [6.45, 7) is 0.214. The lowest BCUT2D eigenvalue weighted by atomic mass is 10.2. The van der Waals surface area contributed by atoms with E-state index in [4.69, 9.17) is 28.5 Å². The predicted molar refractivity (Wildman–Crippen MR) is 88.2 cm³/mol. The highest BCUT2D eigenvalue weighted by atomic mass is 35.5. The van der Waals surface area contributed by atoms with Gasteiger partial charge in [0.1, 0.15) is 12.1 Å². The Labute approximate surface area is 135 Å². The summed E-state index contributed by atoms with van der Waals surface area (Å²) in [5.41, 5.74) is 3.71. The maximum absolute atomic E-state index is 9.09. The zero-order chi connectivity index (χ0) is 15.3. The summed E-state index contributed by atoms with van der Waals surface area (Å²) in [6.07, 6.45) is 0. The van der Waals surface area contributed by atoms with Crippen molar-refractivity contribution in [2.24, 2.45) is 0 Å². The molecule has 0 aliphatic heterocycles. The molecule has 0 radical (unpaired) electrons.